The molecule has 0 saturated carbocycles. The Morgan fingerprint density at radius 2 is 2.11 bits per heavy atom. The van der Waals surface area contributed by atoms with E-state index in [0.717, 1.165) is 11.3 Å². The number of pyridine rings is 1. The molecule has 138 valence electrons. The number of hydrogen-bond acceptors (Lipinski definition) is 5. The first-order valence-electron chi connectivity index (χ1n) is 8.40. The molecule has 0 aliphatic carbocycles. The average molecular weight is 385 g/mol. The number of rotatable bonds is 5. The summed E-state index contributed by atoms with van der Waals surface area (Å²) in [6.07, 6.45) is 1.50. The number of aromatic amines is 1. The van der Waals surface area contributed by atoms with Crippen molar-refractivity contribution in [3.05, 3.63) is 59.4 Å². The number of H-pyrrole nitrogens is 1. The maximum absolute atomic E-state index is 12.6. The molecule has 0 atom stereocenters. The van der Waals surface area contributed by atoms with Crippen LogP contribution in [0, 0.1) is 0 Å². The third-order valence-corrected chi connectivity index (χ3v) is 4.60. The monoisotopic (exact) mass is 384 g/mol. The minimum Gasteiger partial charge on any atom is -0.497 e. The second-order valence-electron chi connectivity index (χ2n) is 6.14. The highest BCUT2D eigenvalue weighted by Crippen LogP contribution is 2.26. The molecule has 7 nitrogen and oxygen atoms in total. The van der Waals surface area contributed by atoms with E-state index in [1.807, 2.05) is 24.3 Å². The normalized spacial score (nSPS) is 13.9. The fourth-order valence-corrected chi connectivity index (χ4v) is 2.99. The molecule has 27 heavy (non-hydrogen) atoms. The highest BCUT2D eigenvalue weighted by molar-refractivity contribution is 6.31. The predicted molar refractivity (Wildman–Crippen MR) is 100 cm³/mol. The molecule has 0 spiro atoms. The van der Waals surface area contributed by atoms with E-state index in [-0.39, 0.29) is 12.0 Å². The van der Waals surface area contributed by atoms with E-state index < -0.39 is 0 Å². The summed E-state index contributed by atoms with van der Waals surface area (Å²) in [5, 5.41) is 7.50. The molecule has 1 fully saturated rings. The van der Waals surface area contributed by atoms with E-state index in [0.29, 0.717) is 35.4 Å². The van der Waals surface area contributed by atoms with Crippen LogP contribution >= 0.6 is 11.6 Å². The molecule has 1 N–H and O–H groups in total. The summed E-state index contributed by atoms with van der Waals surface area (Å²) >= 11 is 6.04. The Kier molecular flexibility index (Phi) is 4.68. The highest BCUT2D eigenvalue weighted by Gasteiger charge is 2.34. The molecule has 1 aromatic carbocycles. The second kappa shape index (κ2) is 7.28. The van der Waals surface area contributed by atoms with Gasteiger partial charge in [0.15, 0.2) is 0 Å². The predicted octanol–water partition coefficient (Wildman–Crippen LogP) is 3.04. The van der Waals surface area contributed by atoms with Gasteiger partial charge in [0.2, 0.25) is 5.88 Å². The van der Waals surface area contributed by atoms with Crippen LogP contribution in [0.5, 0.6) is 11.6 Å². The Balaban J connectivity index is 1.39. The molecule has 1 saturated heterocycles. The minimum atomic E-state index is -0.123. The van der Waals surface area contributed by atoms with Crippen molar-refractivity contribution in [2.24, 2.45) is 0 Å². The average Bonchev–Trinajstić information content (AvgIpc) is 3.15. The standard InChI is InChI=1S/C19H17ClN4O3/c1-26-13-5-2-4-12(8-13)16-9-17(23-22-16)19(25)24-10-14(11-24)27-18-15(20)6-3-7-21-18/h2-9,14H,10-11H2,1H3,(H,22,23). The van der Waals surface area contributed by atoms with Gasteiger partial charge in [0.05, 0.1) is 25.9 Å². The van der Waals surface area contributed by atoms with Gasteiger partial charge >= 0.3 is 0 Å². The largest absolute Gasteiger partial charge is 0.497 e. The number of nitrogens with zero attached hydrogens (tertiary/aromatic N) is 3. The van der Waals surface area contributed by atoms with E-state index in [4.69, 9.17) is 21.1 Å². The number of carbonyl (C=O) groups excluding carboxylic acids is 1. The van der Waals surface area contributed by atoms with Crippen LogP contribution in [0.15, 0.2) is 48.7 Å². The van der Waals surface area contributed by atoms with Crippen molar-refractivity contribution < 1.29 is 14.3 Å². The third kappa shape index (κ3) is 3.59. The Morgan fingerprint density at radius 3 is 2.89 bits per heavy atom. The number of likely N-dealkylation sites (tertiary alicyclic amines) is 1. The molecule has 0 bridgehead atoms. The maximum Gasteiger partial charge on any atom is 0.272 e. The summed E-state index contributed by atoms with van der Waals surface area (Å²) in [6.45, 7) is 0.943. The van der Waals surface area contributed by atoms with Gasteiger partial charge in [-0.05, 0) is 30.3 Å². The van der Waals surface area contributed by atoms with Gasteiger partial charge in [0.25, 0.3) is 5.91 Å². The highest BCUT2D eigenvalue weighted by atomic mass is 35.5. The van der Waals surface area contributed by atoms with Crippen molar-refractivity contribution >= 4 is 17.5 Å². The van der Waals surface area contributed by atoms with Crippen molar-refractivity contribution in [1.82, 2.24) is 20.1 Å². The topological polar surface area (TPSA) is 80.3 Å². The van der Waals surface area contributed by atoms with Crippen molar-refractivity contribution in [3.8, 4) is 22.9 Å². The molecule has 1 aliphatic heterocycles. The molecule has 0 unspecified atom stereocenters. The van der Waals surface area contributed by atoms with Crippen LogP contribution in [0.4, 0.5) is 0 Å². The molecule has 0 radical (unpaired) electrons. The third-order valence-electron chi connectivity index (χ3n) is 4.31. The van der Waals surface area contributed by atoms with Gasteiger partial charge in [-0.3, -0.25) is 9.89 Å². The van der Waals surface area contributed by atoms with Crippen molar-refractivity contribution in [3.63, 3.8) is 0 Å². The van der Waals surface area contributed by atoms with Gasteiger partial charge in [0.1, 0.15) is 22.6 Å². The van der Waals surface area contributed by atoms with Crippen LogP contribution < -0.4 is 9.47 Å². The van der Waals surface area contributed by atoms with Gasteiger partial charge in [0, 0.05) is 11.8 Å². The Labute approximate surface area is 160 Å². The number of amides is 1. The van der Waals surface area contributed by atoms with Gasteiger partial charge < -0.3 is 14.4 Å². The maximum atomic E-state index is 12.6. The molecule has 8 heteroatoms. The first-order chi connectivity index (χ1) is 13.1. The van der Waals surface area contributed by atoms with E-state index in [9.17, 15) is 4.79 Å². The first kappa shape index (κ1) is 17.4. The lowest BCUT2D eigenvalue weighted by Crippen LogP contribution is -2.56. The van der Waals surface area contributed by atoms with Crippen LogP contribution in [-0.2, 0) is 0 Å². The van der Waals surface area contributed by atoms with Crippen LogP contribution in [0.25, 0.3) is 11.3 Å². The number of aromatic nitrogens is 3. The second-order valence-corrected chi connectivity index (χ2v) is 6.55. The summed E-state index contributed by atoms with van der Waals surface area (Å²) in [5.74, 6) is 1.00. The number of nitrogens with one attached hydrogen (secondary N) is 1. The lowest BCUT2D eigenvalue weighted by atomic mass is 10.1. The van der Waals surface area contributed by atoms with Crippen LogP contribution in [-0.4, -0.2) is 52.3 Å². The zero-order valence-corrected chi connectivity index (χ0v) is 15.3. The van der Waals surface area contributed by atoms with Gasteiger partial charge in [-0.15, -0.1) is 0 Å². The van der Waals surface area contributed by atoms with Gasteiger partial charge in [-0.2, -0.15) is 5.10 Å². The fourth-order valence-electron chi connectivity index (χ4n) is 2.83. The molecular formula is C19H17ClN4O3. The number of methoxy groups -OCH3 is 1. The van der Waals surface area contributed by atoms with Crippen LogP contribution in [0.2, 0.25) is 5.02 Å². The lowest BCUT2D eigenvalue weighted by Gasteiger charge is -2.38. The lowest BCUT2D eigenvalue weighted by molar-refractivity contribution is 0.0156. The number of halogens is 1. The SMILES string of the molecule is COc1cccc(-c2cc(C(=O)N3CC(Oc4ncccc4Cl)C3)[nH]n2)c1. The number of hydrogen-bond donors (Lipinski definition) is 1. The number of ether oxygens (including phenoxy) is 2. The summed E-state index contributed by atoms with van der Waals surface area (Å²) < 4.78 is 10.9. The molecule has 3 heterocycles. The number of carbonyl (C=O) groups is 1. The smallest absolute Gasteiger partial charge is 0.272 e. The first-order valence-corrected chi connectivity index (χ1v) is 8.78. The van der Waals surface area contributed by atoms with E-state index in [2.05, 4.69) is 15.2 Å². The summed E-state index contributed by atoms with van der Waals surface area (Å²) in [5.41, 5.74) is 1.99. The van der Waals surface area contributed by atoms with Crippen molar-refractivity contribution in [1.29, 1.82) is 0 Å². The van der Waals surface area contributed by atoms with Crippen molar-refractivity contribution in [2.75, 3.05) is 20.2 Å². The summed E-state index contributed by atoms with van der Waals surface area (Å²) in [7, 11) is 1.61. The number of benzene rings is 1. The van der Waals surface area contributed by atoms with Crippen LogP contribution in [0.3, 0.4) is 0 Å². The summed E-state index contributed by atoms with van der Waals surface area (Å²) in [4.78, 5) is 18.4. The van der Waals surface area contributed by atoms with Crippen molar-refractivity contribution in [2.45, 2.75) is 6.10 Å². The Bertz CT molecular complexity index is 969. The summed E-state index contributed by atoms with van der Waals surface area (Å²) in [6, 6.07) is 12.7. The zero-order chi connectivity index (χ0) is 18.8. The zero-order valence-electron chi connectivity index (χ0n) is 14.6. The van der Waals surface area contributed by atoms with E-state index in [1.54, 1.807) is 36.4 Å². The van der Waals surface area contributed by atoms with Gasteiger partial charge in [-0.25, -0.2) is 4.98 Å². The molecule has 1 amide bonds. The van der Waals surface area contributed by atoms with E-state index >= 15 is 0 Å². The Hall–Kier alpha value is -3.06. The van der Waals surface area contributed by atoms with Crippen LogP contribution in [0.1, 0.15) is 10.5 Å². The van der Waals surface area contributed by atoms with E-state index in [1.165, 1.54) is 0 Å². The molecular weight excluding hydrogens is 368 g/mol. The fraction of sp³-hybridized carbons (Fsp3) is 0.211. The minimum absolute atomic E-state index is 0.122. The molecule has 4 rings (SSSR count). The quantitative estimate of drug-likeness (QED) is 0.731. The Morgan fingerprint density at radius 1 is 1.26 bits per heavy atom. The van der Waals surface area contributed by atoms with Gasteiger partial charge in [-0.1, -0.05) is 23.7 Å². The molecule has 3 aromatic rings. The molecule has 2 aromatic heterocycles. The molecule has 1 aliphatic rings.